The summed E-state index contributed by atoms with van der Waals surface area (Å²) in [7, 11) is 0. The molecule has 0 radical (unpaired) electrons. The largest absolute Gasteiger partial charge is 0.487 e. The predicted molar refractivity (Wildman–Crippen MR) is 61.9 cm³/mol. The van der Waals surface area contributed by atoms with Crippen molar-refractivity contribution in [2.75, 3.05) is 0 Å². The van der Waals surface area contributed by atoms with Gasteiger partial charge in [-0.15, -0.1) is 0 Å². The number of benzene rings is 1. The van der Waals surface area contributed by atoms with Crippen LogP contribution in [0.4, 0.5) is 4.39 Å². The SMILES string of the molecule is O=C(O)c1cncc(OCc2ccc(F)cc2)c1. The zero-order valence-electron chi connectivity index (χ0n) is 9.34. The molecule has 1 aromatic carbocycles. The van der Waals surface area contributed by atoms with Gasteiger partial charge in [0.05, 0.1) is 11.8 Å². The predicted octanol–water partition coefficient (Wildman–Crippen LogP) is 2.50. The molecule has 92 valence electrons. The number of carbonyl (C=O) groups is 1. The maximum absolute atomic E-state index is 12.7. The van der Waals surface area contributed by atoms with Crippen LogP contribution in [0.25, 0.3) is 0 Å². The lowest BCUT2D eigenvalue weighted by Gasteiger charge is -2.06. The highest BCUT2D eigenvalue weighted by atomic mass is 19.1. The van der Waals surface area contributed by atoms with Gasteiger partial charge in [-0.3, -0.25) is 4.98 Å². The van der Waals surface area contributed by atoms with Gasteiger partial charge < -0.3 is 9.84 Å². The van der Waals surface area contributed by atoms with Gasteiger partial charge in [-0.05, 0) is 23.8 Å². The van der Waals surface area contributed by atoms with Gasteiger partial charge >= 0.3 is 5.97 Å². The highest BCUT2D eigenvalue weighted by Gasteiger charge is 2.05. The van der Waals surface area contributed by atoms with E-state index >= 15 is 0 Å². The number of hydrogen-bond acceptors (Lipinski definition) is 3. The molecule has 0 aliphatic heterocycles. The van der Waals surface area contributed by atoms with Gasteiger partial charge in [-0.1, -0.05) is 12.1 Å². The van der Waals surface area contributed by atoms with Crippen LogP contribution in [-0.4, -0.2) is 16.1 Å². The standard InChI is InChI=1S/C13H10FNO3/c14-11-3-1-9(2-4-11)8-18-12-5-10(13(16)17)6-15-7-12/h1-7H,8H2,(H,16,17). The van der Waals surface area contributed by atoms with Crippen LogP contribution in [0.1, 0.15) is 15.9 Å². The lowest BCUT2D eigenvalue weighted by Crippen LogP contribution is -2.00. The van der Waals surface area contributed by atoms with E-state index in [1.54, 1.807) is 12.1 Å². The number of halogens is 1. The van der Waals surface area contributed by atoms with Gasteiger partial charge in [-0.2, -0.15) is 0 Å². The number of ether oxygens (including phenoxy) is 1. The van der Waals surface area contributed by atoms with E-state index in [1.165, 1.54) is 30.6 Å². The second kappa shape index (κ2) is 5.27. The topological polar surface area (TPSA) is 59.4 Å². The summed E-state index contributed by atoms with van der Waals surface area (Å²) in [6.07, 6.45) is 2.67. The van der Waals surface area contributed by atoms with Gasteiger partial charge in [0.2, 0.25) is 0 Å². The van der Waals surface area contributed by atoms with Gasteiger partial charge in [-0.25, -0.2) is 9.18 Å². The highest BCUT2D eigenvalue weighted by molar-refractivity contribution is 5.87. The lowest BCUT2D eigenvalue weighted by molar-refractivity contribution is 0.0696. The fourth-order valence-electron chi connectivity index (χ4n) is 1.36. The molecule has 0 aliphatic carbocycles. The van der Waals surface area contributed by atoms with Crippen LogP contribution >= 0.6 is 0 Å². The molecule has 0 aliphatic rings. The zero-order chi connectivity index (χ0) is 13.0. The smallest absolute Gasteiger partial charge is 0.337 e. The summed E-state index contributed by atoms with van der Waals surface area (Å²) in [5.41, 5.74) is 0.851. The Morgan fingerprint density at radius 1 is 1.28 bits per heavy atom. The fourth-order valence-corrected chi connectivity index (χ4v) is 1.36. The minimum Gasteiger partial charge on any atom is -0.487 e. The molecular weight excluding hydrogens is 237 g/mol. The first-order chi connectivity index (χ1) is 8.65. The summed E-state index contributed by atoms with van der Waals surface area (Å²) in [6.45, 7) is 0.227. The summed E-state index contributed by atoms with van der Waals surface area (Å²) in [5, 5.41) is 8.79. The molecule has 0 saturated carbocycles. The third-order valence-corrected chi connectivity index (χ3v) is 2.28. The molecule has 2 rings (SSSR count). The fraction of sp³-hybridized carbons (Fsp3) is 0.0769. The second-order valence-corrected chi connectivity index (χ2v) is 3.63. The number of pyridine rings is 1. The maximum atomic E-state index is 12.7. The third-order valence-electron chi connectivity index (χ3n) is 2.28. The van der Waals surface area contributed by atoms with E-state index in [0.29, 0.717) is 5.75 Å². The number of aromatic carboxylic acids is 1. The molecule has 0 saturated heterocycles. The third kappa shape index (κ3) is 3.04. The van der Waals surface area contributed by atoms with Crippen molar-refractivity contribution >= 4 is 5.97 Å². The molecule has 4 nitrogen and oxygen atoms in total. The average Bonchev–Trinajstić information content (AvgIpc) is 2.38. The maximum Gasteiger partial charge on any atom is 0.337 e. The van der Waals surface area contributed by atoms with Gasteiger partial charge in [0.1, 0.15) is 18.2 Å². The summed E-state index contributed by atoms with van der Waals surface area (Å²) >= 11 is 0. The number of aromatic nitrogens is 1. The Kier molecular flexibility index (Phi) is 3.52. The summed E-state index contributed by atoms with van der Waals surface area (Å²) in [6, 6.07) is 7.27. The van der Waals surface area contributed by atoms with Crippen molar-refractivity contribution in [1.29, 1.82) is 0 Å². The van der Waals surface area contributed by atoms with Crippen molar-refractivity contribution in [3.63, 3.8) is 0 Å². The molecule has 0 unspecified atom stereocenters. The first-order valence-corrected chi connectivity index (χ1v) is 5.21. The van der Waals surface area contributed by atoms with E-state index in [1.807, 2.05) is 0 Å². The van der Waals surface area contributed by atoms with E-state index in [4.69, 9.17) is 9.84 Å². The summed E-state index contributed by atoms with van der Waals surface area (Å²) in [4.78, 5) is 14.5. The Balaban J connectivity index is 2.04. The van der Waals surface area contributed by atoms with Crippen molar-refractivity contribution in [3.05, 3.63) is 59.7 Å². The molecule has 5 heteroatoms. The van der Waals surface area contributed by atoms with Crippen molar-refractivity contribution in [2.24, 2.45) is 0 Å². The second-order valence-electron chi connectivity index (χ2n) is 3.63. The van der Waals surface area contributed by atoms with Crippen LogP contribution in [-0.2, 0) is 6.61 Å². The van der Waals surface area contributed by atoms with Crippen LogP contribution in [0.5, 0.6) is 5.75 Å². The molecule has 2 aromatic rings. The van der Waals surface area contributed by atoms with Crippen molar-refractivity contribution in [1.82, 2.24) is 4.98 Å². The van der Waals surface area contributed by atoms with E-state index < -0.39 is 5.97 Å². The van der Waals surface area contributed by atoms with Gasteiger partial charge in [0, 0.05) is 6.20 Å². The number of hydrogen-bond donors (Lipinski definition) is 1. The minimum atomic E-state index is -1.06. The monoisotopic (exact) mass is 247 g/mol. The molecule has 1 aromatic heterocycles. The molecule has 1 heterocycles. The Hall–Kier alpha value is -2.43. The molecule has 0 fully saturated rings. The van der Waals surface area contributed by atoms with Crippen LogP contribution in [0, 0.1) is 5.82 Å². The minimum absolute atomic E-state index is 0.0617. The van der Waals surface area contributed by atoms with Crippen molar-refractivity contribution in [2.45, 2.75) is 6.61 Å². The van der Waals surface area contributed by atoms with Crippen LogP contribution in [0.2, 0.25) is 0 Å². The van der Waals surface area contributed by atoms with E-state index in [-0.39, 0.29) is 18.0 Å². The normalized spacial score (nSPS) is 10.1. The molecule has 0 atom stereocenters. The van der Waals surface area contributed by atoms with E-state index in [0.717, 1.165) is 5.56 Å². The zero-order valence-corrected chi connectivity index (χ0v) is 9.34. The van der Waals surface area contributed by atoms with Crippen LogP contribution in [0.15, 0.2) is 42.7 Å². The quantitative estimate of drug-likeness (QED) is 0.901. The van der Waals surface area contributed by atoms with Crippen LogP contribution in [0.3, 0.4) is 0 Å². The first-order valence-electron chi connectivity index (χ1n) is 5.21. The van der Waals surface area contributed by atoms with Crippen molar-refractivity contribution < 1.29 is 19.0 Å². The molecule has 0 bridgehead atoms. The molecule has 0 spiro atoms. The molecular formula is C13H10FNO3. The molecule has 1 N–H and O–H groups in total. The van der Waals surface area contributed by atoms with Crippen LogP contribution < -0.4 is 4.74 Å². The molecule has 18 heavy (non-hydrogen) atoms. The van der Waals surface area contributed by atoms with E-state index in [9.17, 15) is 9.18 Å². The van der Waals surface area contributed by atoms with Gasteiger partial charge in [0.15, 0.2) is 0 Å². The Labute approximate surface area is 103 Å². The Morgan fingerprint density at radius 3 is 2.67 bits per heavy atom. The Bertz CT molecular complexity index is 554. The van der Waals surface area contributed by atoms with Gasteiger partial charge in [0.25, 0.3) is 0 Å². The average molecular weight is 247 g/mol. The van der Waals surface area contributed by atoms with E-state index in [2.05, 4.69) is 4.98 Å². The summed E-state index contributed by atoms with van der Waals surface area (Å²) < 4.78 is 18.1. The van der Waals surface area contributed by atoms with Crippen molar-refractivity contribution in [3.8, 4) is 5.75 Å². The number of carboxylic acid groups (broad SMARTS) is 1. The Morgan fingerprint density at radius 2 is 2.00 bits per heavy atom. The summed E-state index contributed by atoms with van der Waals surface area (Å²) in [5.74, 6) is -1.01. The lowest BCUT2D eigenvalue weighted by atomic mass is 10.2. The number of nitrogens with zero attached hydrogens (tertiary/aromatic N) is 1. The molecule has 0 amide bonds. The number of carboxylic acids is 1. The highest BCUT2D eigenvalue weighted by Crippen LogP contribution is 2.13. The first kappa shape index (κ1) is 12.0. The number of rotatable bonds is 4.